The van der Waals surface area contributed by atoms with Crippen molar-refractivity contribution in [2.45, 2.75) is 51.2 Å². The topological polar surface area (TPSA) is 137 Å². The standard InChI is InChI=1S/C15H21FN6O4/c1-7(2)19-14(24)25-5-15(3)8(23)4-9(26-15)22-6-18-10-11(17)20-13(16)21-12(10)22/h6-9,23H,4-5H2,1-3H3,(H,19,24)(H2,17,20,21)/t8-,9+,15+/m0/s1. The van der Waals surface area contributed by atoms with Crippen LogP contribution < -0.4 is 11.1 Å². The molecular formula is C15H21FN6O4. The summed E-state index contributed by atoms with van der Waals surface area (Å²) in [4.78, 5) is 22.9. The van der Waals surface area contributed by atoms with Gasteiger partial charge in [-0.2, -0.15) is 14.4 Å². The van der Waals surface area contributed by atoms with Crippen LogP contribution >= 0.6 is 0 Å². The number of anilines is 1. The van der Waals surface area contributed by atoms with Gasteiger partial charge in [-0.1, -0.05) is 0 Å². The van der Waals surface area contributed by atoms with Crippen molar-refractivity contribution >= 4 is 23.1 Å². The number of alkyl carbamates (subject to hydrolysis) is 1. The number of rotatable bonds is 4. The van der Waals surface area contributed by atoms with Crippen LogP contribution in [0.25, 0.3) is 11.2 Å². The third kappa shape index (κ3) is 3.40. The average molecular weight is 368 g/mol. The van der Waals surface area contributed by atoms with E-state index in [1.165, 1.54) is 10.9 Å². The van der Waals surface area contributed by atoms with E-state index in [9.17, 15) is 14.3 Å². The van der Waals surface area contributed by atoms with E-state index in [2.05, 4.69) is 20.3 Å². The third-order valence-corrected chi connectivity index (χ3v) is 4.16. The minimum atomic E-state index is -1.13. The van der Waals surface area contributed by atoms with E-state index in [1.54, 1.807) is 20.8 Å². The van der Waals surface area contributed by atoms with Crippen molar-refractivity contribution in [3.05, 3.63) is 12.4 Å². The van der Waals surface area contributed by atoms with Crippen molar-refractivity contribution in [1.82, 2.24) is 24.8 Å². The fourth-order valence-corrected chi connectivity index (χ4v) is 2.79. The van der Waals surface area contributed by atoms with Gasteiger partial charge in [-0.3, -0.25) is 4.57 Å². The first-order valence-corrected chi connectivity index (χ1v) is 8.14. The number of aliphatic hydroxyl groups is 1. The van der Waals surface area contributed by atoms with Gasteiger partial charge in [0.2, 0.25) is 0 Å². The Labute approximate surface area is 148 Å². The molecule has 0 aromatic carbocycles. The number of nitrogens with zero attached hydrogens (tertiary/aromatic N) is 4. The van der Waals surface area contributed by atoms with E-state index in [1.807, 2.05) is 0 Å². The summed E-state index contributed by atoms with van der Waals surface area (Å²) in [5, 5.41) is 13.0. The second kappa shape index (κ2) is 6.65. The van der Waals surface area contributed by atoms with E-state index in [4.69, 9.17) is 15.2 Å². The zero-order valence-electron chi connectivity index (χ0n) is 14.6. The minimum Gasteiger partial charge on any atom is -0.446 e. The molecule has 0 saturated carbocycles. The minimum absolute atomic E-state index is 0.0742. The first-order valence-electron chi connectivity index (χ1n) is 8.14. The zero-order valence-corrected chi connectivity index (χ0v) is 14.6. The molecule has 2 aromatic heterocycles. The van der Waals surface area contributed by atoms with Gasteiger partial charge in [-0.25, -0.2) is 9.78 Å². The molecule has 0 spiro atoms. The summed E-state index contributed by atoms with van der Waals surface area (Å²) in [6, 6.07) is -0.0742. The molecule has 3 heterocycles. The van der Waals surface area contributed by atoms with Gasteiger partial charge in [0.15, 0.2) is 17.0 Å². The number of nitrogens with two attached hydrogens (primary N) is 1. The highest BCUT2D eigenvalue weighted by Gasteiger charge is 2.46. The van der Waals surface area contributed by atoms with Crippen LogP contribution in [-0.4, -0.2) is 55.1 Å². The second-order valence-corrected chi connectivity index (χ2v) is 6.71. The number of ether oxygens (including phenoxy) is 2. The lowest BCUT2D eigenvalue weighted by molar-refractivity contribution is -0.116. The lowest BCUT2D eigenvalue weighted by Crippen LogP contribution is -2.43. The largest absolute Gasteiger partial charge is 0.446 e. The quantitative estimate of drug-likeness (QED) is 0.671. The summed E-state index contributed by atoms with van der Waals surface area (Å²) in [5.41, 5.74) is 4.92. The Bertz CT molecular complexity index is 828. The molecule has 3 rings (SSSR count). The van der Waals surface area contributed by atoms with Crippen molar-refractivity contribution in [2.24, 2.45) is 0 Å². The van der Waals surface area contributed by atoms with Crippen molar-refractivity contribution in [3.8, 4) is 0 Å². The molecule has 11 heteroatoms. The molecular weight excluding hydrogens is 347 g/mol. The first kappa shape index (κ1) is 18.3. The molecule has 3 atom stereocenters. The summed E-state index contributed by atoms with van der Waals surface area (Å²) in [6.07, 6.45) is -1.60. The van der Waals surface area contributed by atoms with Crippen LogP contribution in [0.5, 0.6) is 0 Å². The smallest absolute Gasteiger partial charge is 0.407 e. The number of carbonyl (C=O) groups excluding carboxylic acids is 1. The molecule has 0 aliphatic carbocycles. The van der Waals surface area contributed by atoms with E-state index in [0.29, 0.717) is 0 Å². The number of amides is 1. The molecule has 0 unspecified atom stereocenters. The fraction of sp³-hybridized carbons (Fsp3) is 0.600. The fourth-order valence-electron chi connectivity index (χ4n) is 2.79. The van der Waals surface area contributed by atoms with Crippen molar-refractivity contribution in [2.75, 3.05) is 12.3 Å². The molecule has 2 aromatic rings. The summed E-state index contributed by atoms with van der Waals surface area (Å²) < 4.78 is 26.0. The number of aliphatic hydroxyl groups excluding tert-OH is 1. The predicted molar refractivity (Wildman–Crippen MR) is 88.5 cm³/mol. The Morgan fingerprint density at radius 2 is 2.35 bits per heavy atom. The number of nitrogens with one attached hydrogen (secondary N) is 1. The van der Waals surface area contributed by atoms with E-state index >= 15 is 0 Å². The zero-order chi connectivity index (χ0) is 19.1. The van der Waals surface area contributed by atoms with Crippen LogP contribution in [0.4, 0.5) is 15.0 Å². The van der Waals surface area contributed by atoms with Crippen molar-refractivity contribution < 1.29 is 23.8 Å². The lowest BCUT2D eigenvalue weighted by atomic mass is 10.0. The summed E-state index contributed by atoms with van der Waals surface area (Å²) in [5.74, 6) is -0.0822. The SMILES string of the molecule is CC(C)NC(=O)OC[C@@]1(C)O[C@@H](n2cnc3c(N)nc(F)nc32)C[C@@H]1O. The highest BCUT2D eigenvalue weighted by atomic mass is 19.1. The van der Waals surface area contributed by atoms with Crippen LogP contribution in [0.2, 0.25) is 0 Å². The molecule has 142 valence electrons. The maximum Gasteiger partial charge on any atom is 0.407 e. The molecule has 4 N–H and O–H groups in total. The number of hydrogen-bond donors (Lipinski definition) is 3. The van der Waals surface area contributed by atoms with Gasteiger partial charge >= 0.3 is 12.2 Å². The Hall–Kier alpha value is -2.53. The molecule has 0 radical (unpaired) electrons. The number of aromatic nitrogens is 4. The molecule has 1 fully saturated rings. The maximum absolute atomic E-state index is 13.5. The number of hydrogen-bond acceptors (Lipinski definition) is 8. The Kier molecular flexibility index (Phi) is 4.67. The number of halogens is 1. The Balaban J connectivity index is 1.77. The van der Waals surface area contributed by atoms with E-state index in [-0.39, 0.29) is 36.1 Å². The molecule has 0 bridgehead atoms. The van der Waals surface area contributed by atoms with Gasteiger partial charge in [0.1, 0.15) is 18.4 Å². The van der Waals surface area contributed by atoms with Crippen LogP contribution in [0.1, 0.15) is 33.4 Å². The highest BCUT2D eigenvalue weighted by molar-refractivity contribution is 5.81. The van der Waals surface area contributed by atoms with Crippen LogP contribution in [0.15, 0.2) is 6.33 Å². The van der Waals surface area contributed by atoms with Gasteiger partial charge < -0.3 is 25.6 Å². The summed E-state index contributed by atoms with van der Waals surface area (Å²) in [7, 11) is 0. The molecule has 1 amide bonds. The lowest BCUT2D eigenvalue weighted by Gasteiger charge is -2.27. The van der Waals surface area contributed by atoms with E-state index < -0.39 is 30.1 Å². The van der Waals surface area contributed by atoms with Crippen LogP contribution in [0, 0.1) is 6.08 Å². The van der Waals surface area contributed by atoms with Gasteiger partial charge in [-0.05, 0) is 20.8 Å². The Morgan fingerprint density at radius 1 is 1.62 bits per heavy atom. The van der Waals surface area contributed by atoms with Crippen LogP contribution in [0.3, 0.4) is 0 Å². The van der Waals surface area contributed by atoms with Crippen LogP contribution in [-0.2, 0) is 9.47 Å². The number of nitrogen functional groups attached to an aromatic ring is 1. The number of imidazole rings is 1. The van der Waals surface area contributed by atoms with E-state index in [0.717, 1.165) is 0 Å². The third-order valence-electron chi connectivity index (χ3n) is 4.16. The highest BCUT2D eigenvalue weighted by Crippen LogP contribution is 2.38. The normalized spacial score (nSPS) is 25.8. The second-order valence-electron chi connectivity index (χ2n) is 6.71. The first-order chi connectivity index (χ1) is 12.2. The molecule has 1 aliphatic rings. The van der Waals surface area contributed by atoms with Crippen molar-refractivity contribution in [3.63, 3.8) is 0 Å². The molecule has 10 nitrogen and oxygen atoms in total. The molecule has 1 saturated heterocycles. The number of carbonyl (C=O) groups is 1. The van der Waals surface area contributed by atoms with Gasteiger partial charge in [0.25, 0.3) is 0 Å². The molecule has 26 heavy (non-hydrogen) atoms. The van der Waals surface area contributed by atoms with Gasteiger partial charge in [-0.15, -0.1) is 0 Å². The molecule has 1 aliphatic heterocycles. The predicted octanol–water partition coefficient (Wildman–Crippen LogP) is 0.721. The number of fused-ring (bicyclic) bond motifs is 1. The monoisotopic (exact) mass is 368 g/mol. The summed E-state index contributed by atoms with van der Waals surface area (Å²) >= 11 is 0. The maximum atomic E-state index is 13.5. The average Bonchev–Trinajstić information content (AvgIpc) is 3.07. The van der Waals surface area contributed by atoms with Crippen molar-refractivity contribution in [1.29, 1.82) is 0 Å². The van der Waals surface area contributed by atoms with Gasteiger partial charge in [0, 0.05) is 12.5 Å². The summed E-state index contributed by atoms with van der Waals surface area (Å²) in [6.45, 7) is 5.08. The van der Waals surface area contributed by atoms with Gasteiger partial charge in [0.05, 0.1) is 12.4 Å². The Morgan fingerprint density at radius 3 is 3.04 bits per heavy atom.